The Morgan fingerprint density at radius 1 is 0.905 bits per heavy atom. The molecule has 0 spiro atoms. The Balaban J connectivity index is 2.15. The lowest BCUT2D eigenvalue weighted by atomic mass is 10.1. The minimum atomic E-state index is 0.240. The Morgan fingerprint density at radius 3 is 2.43 bits per heavy atom. The second kappa shape index (κ2) is 5.54. The first-order valence-electron chi connectivity index (χ1n) is 6.60. The van der Waals surface area contributed by atoms with Gasteiger partial charge in [-0.15, -0.1) is 0 Å². The lowest BCUT2D eigenvalue weighted by molar-refractivity contribution is 1.19. The Kier molecular flexibility index (Phi) is 3.59. The van der Waals surface area contributed by atoms with Gasteiger partial charge in [0.2, 0.25) is 5.95 Å². The molecule has 4 heteroatoms. The van der Waals surface area contributed by atoms with E-state index in [0.717, 1.165) is 22.5 Å². The van der Waals surface area contributed by atoms with E-state index in [1.54, 1.807) is 0 Å². The fourth-order valence-corrected chi connectivity index (χ4v) is 2.46. The highest BCUT2D eigenvalue weighted by Crippen LogP contribution is 2.29. The number of anilines is 1. The summed E-state index contributed by atoms with van der Waals surface area (Å²) in [4.78, 5) is 8.62. The molecule has 0 aliphatic rings. The van der Waals surface area contributed by atoms with Crippen LogP contribution in [0, 0.1) is 6.92 Å². The first kappa shape index (κ1) is 13.6. The van der Waals surface area contributed by atoms with Gasteiger partial charge in [0.05, 0.1) is 11.4 Å². The Hall–Kier alpha value is -2.39. The summed E-state index contributed by atoms with van der Waals surface area (Å²) in [6.45, 7) is 2.04. The van der Waals surface area contributed by atoms with Crippen LogP contribution in [-0.2, 0) is 0 Å². The van der Waals surface area contributed by atoms with Crippen molar-refractivity contribution in [1.82, 2.24) is 9.97 Å². The van der Waals surface area contributed by atoms with Crippen molar-refractivity contribution >= 4 is 17.5 Å². The minimum Gasteiger partial charge on any atom is -0.368 e. The van der Waals surface area contributed by atoms with Crippen molar-refractivity contribution in [2.24, 2.45) is 0 Å². The van der Waals surface area contributed by atoms with E-state index < -0.39 is 0 Å². The van der Waals surface area contributed by atoms with Crippen LogP contribution in [-0.4, -0.2) is 9.97 Å². The molecule has 0 unspecified atom stereocenters. The molecule has 21 heavy (non-hydrogen) atoms. The number of rotatable bonds is 2. The maximum absolute atomic E-state index is 6.23. The summed E-state index contributed by atoms with van der Waals surface area (Å²) in [5, 5.41) is 0.644. The number of hydrogen-bond acceptors (Lipinski definition) is 3. The van der Waals surface area contributed by atoms with Crippen molar-refractivity contribution in [3.63, 3.8) is 0 Å². The average molecular weight is 296 g/mol. The second-order valence-corrected chi connectivity index (χ2v) is 5.25. The molecule has 0 bridgehead atoms. The van der Waals surface area contributed by atoms with Crippen LogP contribution in [0.1, 0.15) is 5.56 Å². The average Bonchev–Trinajstić information content (AvgIpc) is 2.47. The van der Waals surface area contributed by atoms with Gasteiger partial charge in [0, 0.05) is 16.1 Å². The van der Waals surface area contributed by atoms with Gasteiger partial charge in [-0.05, 0) is 25.1 Å². The molecule has 0 amide bonds. The van der Waals surface area contributed by atoms with Crippen LogP contribution in [0.4, 0.5) is 5.95 Å². The Morgan fingerprint density at radius 2 is 1.67 bits per heavy atom. The van der Waals surface area contributed by atoms with E-state index in [0.29, 0.717) is 5.02 Å². The summed E-state index contributed by atoms with van der Waals surface area (Å²) in [6.07, 6.45) is 0. The van der Waals surface area contributed by atoms with E-state index in [9.17, 15) is 0 Å². The first-order chi connectivity index (χ1) is 10.1. The molecule has 0 aliphatic carbocycles. The van der Waals surface area contributed by atoms with Crippen LogP contribution < -0.4 is 5.73 Å². The molecule has 0 saturated heterocycles. The molecule has 0 saturated carbocycles. The molecule has 3 nitrogen and oxygen atoms in total. The van der Waals surface area contributed by atoms with E-state index in [2.05, 4.69) is 16.0 Å². The van der Waals surface area contributed by atoms with Crippen LogP contribution >= 0.6 is 11.6 Å². The highest BCUT2D eigenvalue weighted by molar-refractivity contribution is 6.33. The number of nitrogens with zero attached hydrogens (tertiary/aromatic N) is 2. The minimum absolute atomic E-state index is 0.240. The van der Waals surface area contributed by atoms with Gasteiger partial charge in [0.1, 0.15) is 0 Å². The molecule has 104 valence electrons. The zero-order valence-electron chi connectivity index (χ0n) is 11.5. The number of benzene rings is 2. The van der Waals surface area contributed by atoms with Crippen molar-refractivity contribution in [3.8, 4) is 22.5 Å². The van der Waals surface area contributed by atoms with Gasteiger partial charge < -0.3 is 5.73 Å². The summed E-state index contributed by atoms with van der Waals surface area (Å²) < 4.78 is 0. The fourth-order valence-electron chi connectivity index (χ4n) is 2.23. The van der Waals surface area contributed by atoms with Crippen LogP contribution in [0.2, 0.25) is 5.02 Å². The van der Waals surface area contributed by atoms with Crippen LogP contribution in [0.5, 0.6) is 0 Å². The van der Waals surface area contributed by atoms with Crippen LogP contribution in [0.15, 0.2) is 54.6 Å². The zero-order chi connectivity index (χ0) is 14.8. The molecule has 1 aromatic heterocycles. The summed E-state index contributed by atoms with van der Waals surface area (Å²) in [5.74, 6) is 0.240. The van der Waals surface area contributed by atoms with E-state index >= 15 is 0 Å². The largest absolute Gasteiger partial charge is 0.368 e. The molecule has 0 fully saturated rings. The lowest BCUT2D eigenvalue weighted by Gasteiger charge is -2.08. The first-order valence-corrected chi connectivity index (χ1v) is 6.98. The molecule has 0 aliphatic heterocycles. The standard InChI is InChI=1S/C17H14ClN3/c1-11-5-4-6-12(9-11)15-10-16(21-17(19)20-15)13-7-2-3-8-14(13)18/h2-10H,1H3,(H2,19,20,21). The number of aromatic nitrogens is 2. The van der Waals surface area contributed by atoms with Crippen molar-refractivity contribution in [3.05, 3.63) is 65.2 Å². The molecular formula is C17H14ClN3. The molecule has 3 rings (SSSR count). The summed E-state index contributed by atoms with van der Waals surface area (Å²) >= 11 is 6.23. The smallest absolute Gasteiger partial charge is 0.221 e. The SMILES string of the molecule is Cc1cccc(-c2cc(-c3ccccc3Cl)nc(N)n2)c1. The number of nitrogens with two attached hydrogens (primary N) is 1. The van der Waals surface area contributed by atoms with Crippen molar-refractivity contribution in [1.29, 1.82) is 0 Å². The highest BCUT2D eigenvalue weighted by Gasteiger charge is 2.09. The van der Waals surface area contributed by atoms with Gasteiger partial charge in [0.25, 0.3) is 0 Å². The third-order valence-electron chi connectivity index (χ3n) is 3.21. The van der Waals surface area contributed by atoms with Crippen LogP contribution in [0.25, 0.3) is 22.5 Å². The normalized spacial score (nSPS) is 10.6. The molecule has 2 N–H and O–H groups in total. The molecule has 0 radical (unpaired) electrons. The third-order valence-corrected chi connectivity index (χ3v) is 3.54. The van der Waals surface area contributed by atoms with Crippen LogP contribution in [0.3, 0.4) is 0 Å². The predicted octanol–water partition coefficient (Wildman–Crippen LogP) is 4.35. The van der Waals surface area contributed by atoms with Gasteiger partial charge >= 0.3 is 0 Å². The van der Waals surface area contributed by atoms with Crippen molar-refractivity contribution in [2.75, 3.05) is 5.73 Å². The fraction of sp³-hybridized carbons (Fsp3) is 0.0588. The topological polar surface area (TPSA) is 51.8 Å². The molecular weight excluding hydrogens is 282 g/mol. The number of aryl methyl sites for hydroxylation is 1. The maximum atomic E-state index is 6.23. The quantitative estimate of drug-likeness (QED) is 0.764. The summed E-state index contributed by atoms with van der Waals surface area (Å²) in [6, 6.07) is 17.6. The van der Waals surface area contributed by atoms with E-state index in [1.807, 2.05) is 55.5 Å². The van der Waals surface area contributed by atoms with E-state index in [-0.39, 0.29) is 5.95 Å². The maximum Gasteiger partial charge on any atom is 0.221 e. The Labute approximate surface area is 128 Å². The highest BCUT2D eigenvalue weighted by atomic mass is 35.5. The lowest BCUT2D eigenvalue weighted by Crippen LogP contribution is -1.99. The molecule has 1 heterocycles. The van der Waals surface area contributed by atoms with Gasteiger partial charge in [-0.3, -0.25) is 0 Å². The van der Waals surface area contributed by atoms with Crippen molar-refractivity contribution in [2.45, 2.75) is 6.92 Å². The van der Waals surface area contributed by atoms with E-state index in [4.69, 9.17) is 17.3 Å². The van der Waals surface area contributed by atoms with Crippen molar-refractivity contribution < 1.29 is 0 Å². The van der Waals surface area contributed by atoms with Gasteiger partial charge in [-0.2, -0.15) is 0 Å². The zero-order valence-corrected chi connectivity index (χ0v) is 12.3. The second-order valence-electron chi connectivity index (χ2n) is 4.85. The molecule has 3 aromatic rings. The van der Waals surface area contributed by atoms with Gasteiger partial charge in [-0.1, -0.05) is 53.6 Å². The number of hydrogen-bond donors (Lipinski definition) is 1. The predicted molar refractivity (Wildman–Crippen MR) is 87.1 cm³/mol. The Bertz CT molecular complexity index is 800. The molecule has 2 aromatic carbocycles. The summed E-state index contributed by atoms with van der Waals surface area (Å²) in [7, 11) is 0. The van der Waals surface area contributed by atoms with Gasteiger partial charge in [0.15, 0.2) is 0 Å². The monoisotopic (exact) mass is 295 g/mol. The number of nitrogen functional groups attached to an aromatic ring is 1. The molecule has 0 atom stereocenters. The van der Waals surface area contributed by atoms with E-state index in [1.165, 1.54) is 5.56 Å². The van der Waals surface area contributed by atoms with Gasteiger partial charge in [-0.25, -0.2) is 9.97 Å². The summed E-state index contributed by atoms with van der Waals surface area (Å²) in [5.41, 5.74) is 10.4. The third kappa shape index (κ3) is 2.88. The number of halogens is 1.